The van der Waals surface area contributed by atoms with Crippen molar-refractivity contribution in [3.63, 3.8) is 0 Å². The number of likely N-dealkylation sites (N-methyl/N-ethyl adjacent to an activating group) is 1. The second-order valence-corrected chi connectivity index (χ2v) is 6.77. The average molecular weight is 337 g/mol. The Labute approximate surface area is 142 Å². The minimum atomic E-state index is 0.00900. The summed E-state index contributed by atoms with van der Waals surface area (Å²) in [6.07, 6.45) is 2.15. The Balaban J connectivity index is 1.84. The monoisotopic (exact) mass is 337 g/mol. The zero-order chi connectivity index (χ0) is 16.7. The Hall–Kier alpha value is -1.76. The standard InChI is InChI=1S/C16H27N5OS/c1-4-17-16(18-12-14(22)20(2)3)19-13-7-9-21(10-8-13)15-6-5-11-23-15/h5-6,11,13H,4,7-10,12H2,1-3H3,(H2,17,18,19). The number of nitrogens with zero attached hydrogens (tertiary/aromatic N) is 3. The number of nitrogens with one attached hydrogen (secondary N) is 2. The topological polar surface area (TPSA) is 60.0 Å². The number of anilines is 1. The lowest BCUT2D eigenvalue weighted by Crippen LogP contribution is -2.49. The van der Waals surface area contributed by atoms with Gasteiger partial charge in [0.25, 0.3) is 0 Å². The van der Waals surface area contributed by atoms with E-state index in [0.717, 1.165) is 38.4 Å². The first-order chi connectivity index (χ1) is 11.1. The molecule has 2 heterocycles. The molecule has 0 aromatic carbocycles. The number of hydrogen-bond acceptors (Lipinski definition) is 4. The minimum Gasteiger partial charge on any atom is -0.363 e. The second kappa shape index (κ2) is 8.76. The van der Waals surface area contributed by atoms with E-state index in [4.69, 9.17) is 0 Å². The molecule has 2 rings (SSSR count). The summed E-state index contributed by atoms with van der Waals surface area (Å²) in [4.78, 5) is 20.1. The van der Waals surface area contributed by atoms with Gasteiger partial charge in [0.2, 0.25) is 5.91 Å². The van der Waals surface area contributed by atoms with Crippen molar-refractivity contribution in [1.82, 2.24) is 15.5 Å². The van der Waals surface area contributed by atoms with Crippen LogP contribution in [0, 0.1) is 0 Å². The van der Waals surface area contributed by atoms with Crippen molar-refractivity contribution >= 4 is 28.2 Å². The van der Waals surface area contributed by atoms with Crippen molar-refractivity contribution in [2.75, 3.05) is 45.2 Å². The molecule has 0 spiro atoms. The first kappa shape index (κ1) is 17.6. The van der Waals surface area contributed by atoms with Gasteiger partial charge in [-0.3, -0.25) is 4.79 Å². The SMILES string of the molecule is CCNC(=NCC(=O)N(C)C)NC1CCN(c2cccs2)CC1. The average Bonchev–Trinajstić information content (AvgIpc) is 3.07. The van der Waals surface area contributed by atoms with Crippen LogP contribution < -0.4 is 15.5 Å². The quantitative estimate of drug-likeness (QED) is 0.629. The van der Waals surface area contributed by atoms with Crippen LogP contribution in [-0.4, -0.2) is 63.1 Å². The summed E-state index contributed by atoms with van der Waals surface area (Å²) in [5, 5.41) is 10.2. The lowest BCUT2D eigenvalue weighted by atomic mass is 10.1. The zero-order valence-electron chi connectivity index (χ0n) is 14.2. The first-order valence-corrected chi connectivity index (χ1v) is 9.01. The van der Waals surface area contributed by atoms with E-state index < -0.39 is 0 Å². The van der Waals surface area contributed by atoms with Crippen LogP contribution in [0.4, 0.5) is 5.00 Å². The van der Waals surface area contributed by atoms with Crippen molar-refractivity contribution in [3.8, 4) is 0 Å². The van der Waals surface area contributed by atoms with Gasteiger partial charge in [-0.15, -0.1) is 11.3 Å². The van der Waals surface area contributed by atoms with Gasteiger partial charge in [0.15, 0.2) is 5.96 Å². The number of thiophene rings is 1. The number of piperidine rings is 1. The minimum absolute atomic E-state index is 0.00900. The highest BCUT2D eigenvalue weighted by Gasteiger charge is 2.20. The second-order valence-electron chi connectivity index (χ2n) is 5.84. The number of hydrogen-bond donors (Lipinski definition) is 2. The molecule has 0 radical (unpaired) electrons. The van der Waals surface area contributed by atoms with E-state index in [9.17, 15) is 4.79 Å². The molecule has 6 nitrogen and oxygen atoms in total. The van der Waals surface area contributed by atoms with Crippen LogP contribution in [0.1, 0.15) is 19.8 Å². The normalized spacial score (nSPS) is 16.3. The highest BCUT2D eigenvalue weighted by atomic mass is 32.1. The molecular weight excluding hydrogens is 310 g/mol. The van der Waals surface area contributed by atoms with Crippen LogP contribution in [0.15, 0.2) is 22.5 Å². The van der Waals surface area contributed by atoms with Gasteiger partial charge in [-0.1, -0.05) is 0 Å². The van der Waals surface area contributed by atoms with Crippen LogP contribution >= 0.6 is 11.3 Å². The van der Waals surface area contributed by atoms with Crippen molar-refractivity contribution in [2.24, 2.45) is 4.99 Å². The maximum atomic E-state index is 11.7. The van der Waals surface area contributed by atoms with E-state index in [-0.39, 0.29) is 12.5 Å². The molecule has 1 aliphatic rings. The molecule has 1 aromatic heterocycles. The summed E-state index contributed by atoms with van der Waals surface area (Å²) in [6.45, 7) is 5.10. The van der Waals surface area contributed by atoms with Gasteiger partial charge in [-0.05, 0) is 37.3 Å². The molecule has 23 heavy (non-hydrogen) atoms. The fourth-order valence-electron chi connectivity index (χ4n) is 2.50. The van der Waals surface area contributed by atoms with E-state index in [1.165, 1.54) is 5.00 Å². The molecular formula is C16H27N5OS. The van der Waals surface area contributed by atoms with Crippen LogP contribution in [0.2, 0.25) is 0 Å². The smallest absolute Gasteiger partial charge is 0.243 e. The third-order valence-corrected chi connectivity index (χ3v) is 4.80. The van der Waals surface area contributed by atoms with Crippen molar-refractivity contribution in [2.45, 2.75) is 25.8 Å². The molecule has 0 unspecified atom stereocenters. The lowest BCUT2D eigenvalue weighted by molar-refractivity contribution is -0.127. The van der Waals surface area contributed by atoms with Crippen LogP contribution in [0.25, 0.3) is 0 Å². The zero-order valence-corrected chi connectivity index (χ0v) is 15.0. The number of amides is 1. The molecule has 0 atom stereocenters. The Morgan fingerprint density at radius 1 is 1.43 bits per heavy atom. The van der Waals surface area contributed by atoms with Gasteiger partial charge >= 0.3 is 0 Å². The Bertz CT molecular complexity index is 507. The van der Waals surface area contributed by atoms with Crippen LogP contribution in [0.3, 0.4) is 0 Å². The molecule has 1 amide bonds. The van der Waals surface area contributed by atoms with E-state index in [1.54, 1.807) is 30.3 Å². The molecule has 7 heteroatoms. The highest BCUT2D eigenvalue weighted by Crippen LogP contribution is 2.24. The van der Waals surface area contributed by atoms with Gasteiger partial charge in [0.1, 0.15) is 6.54 Å². The summed E-state index contributed by atoms with van der Waals surface area (Å²) in [6, 6.07) is 4.68. The number of carbonyl (C=O) groups excluding carboxylic acids is 1. The largest absolute Gasteiger partial charge is 0.363 e. The van der Waals surface area contributed by atoms with E-state index in [0.29, 0.717) is 6.04 Å². The van der Waals surface area contributed by atoms with Crippen LogP contribution in [-0.2, 0) is 4.79 Å². The molecule has 1 saturated heterocycles. The molecule has 2 N–H and O–H groups in total. The van der Waals surface area contributed by atoms with Gasteiger partial charge in [0, 0.05) is 39.8 Å². The number of rotatable bonds is 5. The maximum absolute atomic E-state index is 11.7. The third-order valence-electron chi connectivity index (χ3n) is 3.87. The van der Waals surface area contributed by atoms with Gasteiger partial charge in [0.05, 0.1) is 5.00 Å². The summed E-state index contributed by atoms with van der Waals surface area (Å²) in [5.41, 5.74) is 0. The summed E-state index contributed by atoms with van der Waals surface area (Å²) in [7, 11) is 3.50. The Kier molecular flexibility index (Phi) is 6.70. The molecule has 0 aliphatic carbocycles. The van der Waals surface area contributed by atoms with Crippen LogP contribution in [0.5, 0.6) is 0 Å². The summed E-state index contributed by atoms with van der Waals surface area (Å²) >= 11 is 1.79. The third kappa shape index (κ3) is 5.42. The first-order valence-electron chi connectivity index (χ1n) is 8.13. The Morgan fingerprint density at radius 3 is 2.74 bits per heavy atom. The summed E-state index contributed by atoms with van der Waals surface area (Å²) in [5.74, 6) is 0.743. The molecule has 1 fully saturated rings. The number of aliphatic imine (C=N–C) groups is 1. The van der Waals surface area contributed by atoms with Gasteiger partial charge in [-0.25, -0.2) is 4.99 Å². The van der Waals surface area contributed by atoms with Crippen molar-refractivity contribution in [3.05, 3.63) is 17.5 Å². The molecule has 1 aromatic rings. The van der Waals surface area contributed by atoms with Crippen molar-refractivity contribution < 1.29 is 4.79 Å². The lowest BCUT2D eigenvalue weighted by Gasteiger charge is -2.33. The van der Waals surface area contributed by atoms with E-state index in [2.05, 4.69) is 38.0 Å². The van der Waals surface area contributed by atoms with Gasteiger partial charge < -0.3 is 20.4 Å². The van der Waals surface area contributed by atoms with Gasteiger partial charge in [-0.2, -0.15) is 0 Å². The molecule has 128 valence electrons. The highest BCUT2D eigenvalue weighted by molar-refractivity contribution is 7.14. The predicted molar refractivity (Wildman–Crippen MR) is 97.4 cm³/mol. The molecule has 0 bridgehead atoms. The summed E-state index contributed by atoms with van der Waals surface area (Å²) < 4.78 is 0. The van der Waals surface area contributed by atoms with E-state index in [1.807, 2.05) is 6.92 Å². The number of carbonyl (C=O) groups is 1. The fraction of sp³-hybridized carbons (Fsp3) is 0.625. The number of guanidine groups is 1. The van der Waals surface area contributed by atoms with E-state index >= 15 is 0 Å². The Morgan fingerprint density at radius 2 is 2.17 bits per heavy atom. The maximum Gasteiger partial charge on any atom is 0.243 e. The molecule has 1 aliphatic heterocycles. The van der Waals surface area contributed by atoms with Crippen molar-refractivity contribution in [1.29, 1.82) is 0 Å². The fourth-order valence-corrected chi connectivity index (χ4v) is 3.28. The predicted octanol–water partition coefficient (Wildman–Crippen LogP) is 1.36. The molecule has 0 saturated carbocycles.